The molecule has 1 unspecified atom stereocenters. The first-order valence-corrected chi connectivity index (χ1v) is 9.97. The van der Waals surface area contributed by atoms with E-state index in [0.717, 1.165) is 36.3 Å². The maximum Gasteiger partial charge on any atom is 0.158 e. The molecule has 4 aromatic rings. The van der Waals surface area contributed by atoms with Crippen LogP contribution in [0.25, 0.3) is 16.9 Å². The third-order valence-corrected chi connectivity index (χ3v) is 5.46. The third-order valence-electron chi connectivity index (χ3n) is 5.46. The molecule has 6 nitrogen and oxygen atoms in total. The maximum atomic E-state index is 13.7. The van der Waals surface area contributed by atoms with Crippen molar-refractivity contribution in [3.63, 3.8) is 0 Å². The van der Waals surface area contributed by atoms with Gasteiger partial charge in [0.05, 0.1) is 11.8 Å². The molecule has 0 amide bonds. The fourth-order valence-corrected chi connectivity index (χ4v) is 4.00. The highest BCUT2D eigenvalue weighted by molar-refractivity contribution is 5.67. The number of nitrogens with zero attached hydrogens (tertiary/aromatic N) is 3. The molecule has 3 N–H and O–H groups in total. The summed E-state index contributed by atoms with van der Waals surface area (Å²) in [6.45, 7) is 0.254. The smallest absolute Gasteiger partial charge is 0.158 e. The standard InChI is InChI=1S/C23H21FN4O2/c24-16-6-1-4-14(10-16)20-12-22-26-19-9-3-8-18(19)23(28(22)27-20)25-13-21(30)15-5-2-7-17(29)11-15/h1-2,4-7,10-12,21,25,29-30H,3,8-9,13H2. The Morgan fingerprint density at radius 1 is 1.10 bits per heavy atom. The average molecular weight is 404 g/mol. The van der Waals surface area contributed by atoms with Crippen LogP contribution in [0.15, 0.2) is 54.6 Å². The number of aryl methyl sites for hydroxylation is 1. The van der Waals surface area contributed by atoms with Gasteiger partial charge in [0, 0.05) is 29.4 Å². The van der Waals surface area contributed by atoms with Crippen LogP contribution in [0.2, 0.25) is 0 Å². The van der Waals surface area contributed by atoms with Crippen LogP contribution < -0.4 is 5.32 Å². The summed E-state index contributed by atoms with van der Waals surface area (Å²) in [5.41, 5.74) is 4.77. The molecule has 0 spiro atoms. The van der Waals surface area contributed by atoms with E-state index >= 15 is 0 Å². The highest BCUT2D eigenvalue weighted by Crippen LogP contribution is 2.31. The van der Waals surface area contributed by atoms with E-state index in [2.05, 4.69) is 10.4 Å². The molecule has 1 aliphatic carbocycles. The summed E-state index contributed by atoms with van der Waals surface area (Å²) in [5.74, 6) is 0.604. The Hall–Kier alpha value is -3.45. The monoisotopic (exact) mass is 404 g/mol. The number of benzene rings is 2. The van der Waals surface area contributed by atoms with Crippen molar-refractivity contribution < 1.29 is 14.6 Å². The molecule has 0 saturated carbocycles. The number of aromatic nitrogens is 3. The van der Waals surface area contributed by atoms with Gasteiger partial charge in [0.25, 0.3) is 0 Å². The quantitative estimate of drug-likeness (QED) is 0.470. The summed E-state index contributed by atoms with van der Waals surface area (Å²) >= 11 is 0. The lowest BCUT2D eigenvalue weighted by Gasteiger charge is -2.16. The molecule has 5 rings (SSSR count). The molecule has 0 aliphatic heterocycles. The average Bonchev–Trinajstić information content (AvgIpc) is 3.37. The van der Waals surface area contributed by atoms with E-state index < -0.39 is 6.10 Å². The number of halogens is 1. The molecule has 2 aromatic carbocycles. The number of aliphatic hydroxyl groups is 1. The van der Waals surface area contributed by atoms with E-state index in [1.165, 1.54) is 12.1 Å². The Morgan fingerprint density at radius 2 is 1.97 bits per heavy atom. The second-order valence-corrected chi connectivity index (χ2v) is 7.54. The highest BCUT2D eigenvalue weighted by Gasteiger charge is 2.22. The third kappa shape index (κ3) is 3.37. The number of aliphatic hydroxyl groups excluding tert-OH is 1. The number of rotatable bonds is 5. The van der Waals surface area contributed by atoms with E-state index in [1.54, 1.807) is 34.8 Å². The van der Waals surface area contributed by atoms with Gasteiger partial charge in [-0.2, -0.15) is 9.61 Å². The first-order valence-electron chi connectivity index (χ1n) is 9.97. The van der Waals surface area contributed by atoms with Gasteiger partial charge < -0.3 is 15.5 Å². The maximum absolute atomic E-state index is 13.7. The van der Waals surface area contributed by atoms with Crippen molar-refractivity contribution in [2.45, 2.75) is 25.4 Å². The molecule has 2 aromatic heterocycles. The van der Waals surface area contributed by atoms with Crippen LogP contribution in [0.1, 0.15) is 29.3 Å². The number of phenolic OH excluding ortho intramolecular Hbond substituents is 1. The molecule has 1 atom stereocenters. The summed E-state index contributed by atoms with van der Waals surface area (Å²) < 4.78 is 15.4. The molecule has 0 radical (unpaired) electrons. The second kappa shape index (κ2) is 7.42. The van der Waals surface area contributed by atoms with Crippen molar-refractivity contribution in [3.05, 3.63) is 77.2 Å². The lowest BCUT2D eigenvalue weighted by atomic mass is 10.1. The fraction of sp³-hybridized carbons (Fsp3) is 0.217. The zero-order valence-corrected chi connectivity index (χ0v) is 16.2. The molecule has 0 fully saturated rings. The van der Waals surface area contributed by atoms with Crippen LogP contribution in [0.5, 0.6) is 5.75 Å². The van der Waals surface area contributed by atoms with Gasteiger partial charge in [-0.05, 0) is 49.1 Å². The number of aromatic hydroxyl groups is 1. The molecular formula is C23H21FN4O2. The van der Waals surface area contributed by atoms with Gasteiger partial charge in [-0.3, -0.25) is 0 Å². The van der Waals surface area contributed by atoms with Gasteiger partial charge in [-0.15, -0.1) is 0 Å². The van der Waals surface area contributed by atoms with Gasteiger partial charge in [-0.25, -0.2) is 9.37 Å². The van der Waals surface area contributed by atoms with Gasteiger partial charge >= 0.3 is 0 Å². The Labute approximate surface area is 172 Å². The zero-order chi connectivity index (χ0) is 20.7. The predicted molar refractivity (Wildman–Crippen MR) is 112 cm³/mol. The number of anilines is 1. The Morgan fingerprint density at radius 3 is 2.80 bits per heavy atom. The van der Waals surface area contributed by atoms with Crippen molar-refractivity contribution >= 4 is 11.5 Å². The minimum Gasteiger partial charge on any atom is -0.508 e. The Kier molecular flexibility index (Phi) is 4.59. The van der Waals surface area contributed by atoms with Crippen LogP contribution in [0.4, 0.5) is 10.2 Å². The van der Waals surface area contributed by atoms with Crippen LogP contribution in [-0.2, 0) is 12.8 Å². The molecule has 152 valence electrons. The lowest BCUT2D eigenvalue weighted by molar-refractivity contribution is 0.191. The van der Waals surface area contributed by atoms with E-state index in [0.29, 0.717) is 22.5 Å². The zero-order valence-electron chi connectivity index (χ0n) is 16.2. The molecule has 30 heavy (non-hydrogen) atoms. The summed E-state index contributed by atoms with van der Waals surface area (Å²) in [4.78, 5) is 4.75. The first-order chi connectivity index (χ1) is 14.6. The Balaban J connectivity index is 1.51. The number of phenols is 1. The van der Waals surface area contributed by atoms with Gasteiger partial charge in [-0.1, -0.05) is 24.3 Å². The van der Waals surface area contributed by atoms with E-state index in [-0.39, 0.29) is 18.1 Å². The van der Waals surface area contributed by atoms with Crippen molar-refractivity contribution in [3.8, 4) is 17.0 Å². The molecule has 7 heteroatoms. The van der Waals surface area contributed by atoms with E-state index in [4.69, 9.17) is 4.98 Å². The molecule has 0 saturated heterocycles. The number of nitrogens with one attached hydrogen (secondary N) is 1. The number of hydrogen-bond donors (Lipinski definition) is 3. The SMILES string of the molecule is Oc1cccc(C(O)CNc2c3c(nc4cc(-c5cccc(F)c5)nn24)CCC3)c1. The molecule has 2 heterocycles. The minimum absolute atomic E-state index is 0.116. The second-order valence-electron chi connectivity index (χ2n) is 7.54. The predicted octanol–water partition coefficient (Wildman–Crippen LogP) is 3.88. The fourth-order valence-electron chi connectivity index (χ4n) is 4.00. The topological polar surface area (TPSA) is 82.7 Å². The number of hydrogen-bond acceptors (Lipinski definition) is 5. The van der Waals surface area contributed by atoms with Crippen LogP contribution in [-0.4, -0.2) is 31.4 Å². The molecule has 1 aliphatic rings. The van der Waals surface area contributed by atoms with Crippen molar-refractivity contribution in [1.82, 2.24) is 14.6 Å². The van der Waals surface area contributed by atoms with E-state index in [1.807, 2.05) is 12.1 Å². The summed E-state index contributed by atoms with van der Waals surface area (Å²) in [5, 5.41) is 28.3. The highest BCUT2D eigenvalue weighted by atomic mass is 19.1. The minimum atomic E-state index is -0.796. The van der Waals surface area contributed by atoms with Gasteiger partial charge in [0.2, 0.25) is 0 Å². The van der Waals surface area contributed by atoms with Crippen LogP contribution in [0, 0.1) is 5.82 Å². The summed E-state index contributed by atoms with van der Waals surface area (Å²) in [6.07, 6.45) is 2.01. The number of fused-ring (bicyclic) bond motifs is 2. The van der Waals surface area contributed by atoms with E-state index in [9.17, 15) is 14.6 Å². The van der Waals surface area contributed by atoms with Crippen molar-refractivity contribution in [2.75, 3.05) is 11.9 Å². The largest absolute Gasteiger partial charge is 0.508 e. The van der Waals surface area contributed by atoms with Crippen molar-refractivity contribution in [2.24, 2.45) is 0 Å². The summed E-state index contributed by atoms with van der Waals surface area (Å²) in [6, 6.07) is 14.8. The normalized spacial score (nSPS) is 14.1. The molecular weight excluding hydrogens is 383 g/mol. The van der Waals surface area contributed by atoms with Gasteiger partial charge in [0.1, 0.15) is 17.4 Å². The van der Waals surface area contributed by atoms with Crippen LogP contribution in [0.3, 0.4) is 0 Å². The molecule has 0 bridgehead atoms. The van der Waals surface area contributed by atoms with Crippen molar-refractivity contribution in [1.29, 1.82) is 0 Å². The summed E-state index contributed by atoms with van der Waals surface area (Å²) in [7, 11) is 0. The van der Waals surface area contributed by atoms with Gasteiger partial charge in [0.15, 0.2) is 5.65 Å². The Bertz CT molecular complexity index is 1240. The van der Waals surface area contributed by atoms with Crippen LogP contribution >= 0.6 is 0 Å². The lowest BCUT2D eigenvalue weighted by Crippen LogP contribution is -2.16. The first kappa shape index (κ1) is 18.6.